The molecule has 1 atom stereocenters. The summed E-state index contributed by atoms with van der Waals surface area (Å²) in [4.78, 5) is 17.6. The third kappa shape index (κ3) is 3.81. The molecule has 6 heteroatoms. The Balaban J connectivity index is 1.62. The zero-order valence-corrected chi connectivity index (χ0v) is 15.2. The molecule has 0 unspecified atom stereocenters. The van der Waals surface area contributed by atoms with E-state index in [-0.39, 0.29) is 11.9 Å². The second-order valence-corrected chi connectivity index (χ2v) is 7.65. The first-order valence-corrected chi connectivity index (χ1v) is 9.14. The fourth-order valence-corrected chi connectivity index (χ4v) is 4.17. The molecule has 2 fully saturated rings. The maximum absolute atomic E-state index is 12.8. The van der Waals surface area contributed by atoms with Crippen molar-refractivity contribution in [2.75, 3.05) is 33.2 Å². The van der Waals surface area contributed by atoms with Crippen molar-refractivity contribution < 1.29 is 9.32 Å². The Labute approximate surface area is 144 Å². The Morgan fingerprint density at radius 3 is 2.83 bits per heavy atom. The van der Waals surface area contributed by atoms with Crippen LogP contribution in [0, 0.1) is 12.3 Å². The van der Waals surface area contributed by atoms with E-state index in [9.17, 15) is 4.79 Å². The molecule has 1 N–H and O–H groups in total. The zero-order valence-electron chi connectivity index (χ0n) is 15.2. The highest BCUT2D eigenvalue weighted by Crippen LogP contribution is 2.43. The number of carbonyl (C=O) groups excluding carboxylic acids is 1. The summed E-state index contributed by atoms with van der Waals surface area (Å²) in [5.74, 6) is 0.850. The Hall–Kier alpha value is -1.40. The Morgan fingerprint density at radius 1 is 1.46 bits per heavy atom. The van der Waals surface area contributed by atoms with Crippen molar-refractivity contribution in [1.29, 1.82) is 0 Å². The molecule has 0 aromatic carbocycles. The van der Waals surface area contributed by atoms with Crippen molar-refractivity contribution in [3.05, 3.63) is 17.5 Å². The van der Waals surface area contributed by atoms with Gasteiger partial charge in [-0.2, -0.15) is 0 Å². The number of aromatic nitrogens is 1. The van der Waals surface area contributed by atoms with Crippen LogP contribution in [-0.4, -0.2) is 60.1 Å². The van der Waals surface area contributed by atoms with Gasteiger partial charge < -0.3 is 14.7 Å². The maximum atomic E-state index is 12.8. The SMILES string of the molecule is CCCN1CC2(CCN(C)CC2)C[C@H]1C(=O)NCc1cc(C)no1. The Bertz CT molecular complexity index is 563. The number of piperidine rings is 1. The van der Waals surface area contributed by atoms with E-state index in [1.54, 1.807) is 0 Å². The minimum Gasteiger partial charge on any atom is -0.359 e. The Morgan fingerprint density at radius 2 is 2.21 bits per heavy atom. The molecule has 1 aromatic rings. The van der Waals surface area contributed by atoms with Crippen LogP contribution in [0.4, 0.5) is 0 Å². The largest absolute Gasteiger partial charge is 0.359 e. The third-order valence-corrected chi connectivity index (χ3v) is 5.58. The van der Waals surface area contributed by atoms with Gasteiger partial charge in [-0.05, 0) is 64.7 Å². The first-order chi connectivity index (χ1) is 11.5. The predicted octanol–water partition coefficient (Wildman–Crippen LogP) is 1.80. The van der Waals surface area contributed by atoms with Gasteiger partial charge in [0.15, 0.2) is 5.76 Å². The molecule has 0 bridgehead atoms. The minimum absolute atomic E-state index is 0.00243. The van der Waals surface area contributed by atoms with Gasteiger partial charge in [0, 0.05) is 12.6 Å². The molecule has 2 aliphatic rings. The van der Waals surface area contributed by atoms with Crippen molar-refractivity contribution in [3.8, 4) is 0 Å². The van der Waals surface area contributed by atoms with Gasteiger partial charge in [-0.1, -0.05) is 12.1 Å². The molecule has 1 amide bonds. The summed E-state index contributed by atoms with van der Waals surface area (Å²) in [7, 11) is 2.19. The number of aryl methyl sites for hydroxylation is 1. The summed E-state index contributed by atoms with van der Waals surface area (Å²) in [6.45, 7) is 8.85. The third-order valence-electron chi connectivity index (χ3n) is 5.58. The van der Waals surface area contributed by atoms with Gasteiger partial charge in [0.05, 0.1) is 18.3 Å². The van der Waals surface area contributed by atoms with Crippen molar-refractivity contribution >= 4 is 5.91 Å². The van der Waals surface area contributed by atoms with Crippen LogP contribution in [0.3, 0.4) is 0 Å². The molecule has 0 aliphatic carbocycles. The molecule has 1 spiro atoms. The summed E-state index contributed by atoms with van der Waals surface area (Å²) < 4.78 is 5.19. The maximum Gasteiger partial charge on any atom is 0.237 e. The van der Waals surface area contributed by atoms with Gasteiger partial charge in [-0.25, -0.2) is 0 Å². The fraction of sp³-hybridized carbons (Fsp3) is 0.778. The van der Waals surface area contributed by atoms with Crippen LogP contribution < -0.4 is 5.32 Å². The Kier molecular flexibility index (Phi) is 5.25. The van der Waals surface area contributed by atoms with E-state index < -0.39 is 0 Å². The van der Waals surface area contributed by atoms with E-state index in [0.717, 1.165) is 50.5 Å². The first-order valence-electron chi connectivity index (χ1n) is 9.14. The van der Waals surface area contributed by atoms with E-state index in [1.807, 2.05) is 13.0 Å². The summed E-state index contributed by atoms with van der Waals surface area (Å²) in [5, 5.41) is 6.92. The van der Waals surface area contributed by atoms with Crippen LogP contribution in [-0.2, 0) is 11.3 Å². The van der Waals surface area contributed by atoms with Crippen LogP contribution in [0.1, 0.15) is 44.1 Å². The van der Waals surface area contributed by atoms with Crippen LogP contribution in [0.2, 0.25) is 0 Å². The molecule has 0 saturated carbocycles. The molecule has 0 radical (unpaired) electrons. The number of nitrogens with one attached hydrogen (secondary N) is 1. The first kappa shape index (κ1) is 17.4. The normalized spacial score (nSPS) is 24.5. The number of hydrogen-bond acceptors (Lipinski definition) is 5. The van der Waals surface area contributed by atoms with E-state index in [4.69, 9.17) is 4.52 Å². The van der Waals surface area contributed by atoms with Gasteiger partial charge >= 0.3 is 0 Å². The number of carbonyl (C=O) groups is 1. The molecule has 1 aromatic heterocycles. The minimum atomic E-state index is -0.00243. The quantitative estimate of drug-likeness (QED) is 0.890. The average Bonchev–Trinajstić information content (AvgIpc) is 3.13. The van der Waals surface area contributed by atoms with E-state index in [0.29, 0.717) is 12.0 Å². The summed E-state index contributed by atoms with van der Waals surface area (Å²) in [6.07, 6.45) is 4.48. The number of likely N-dealkylation sites (tertiary alicyclic amines) is 2. The van der Waals surface area contributed by atoms with Gasteiger partial charge in [-0.3, -0.25) is 9.69 Å². The van der Waals surface area contributed by atoms with E-state index in [2.05, 4.69) is 34.2 Å². The lowest BCUT2D eigenvalue weighted by Gasteiger charge is -2.37. The van der Waals surface area contributed by atoms with E-state index >= 15 is 0 Å². The highest BCUT2D eigenvalue weighted by Gasteiger charge is 2.47. The van der Waals surface area contributed by atoms with E-state index in [1.165, 1.54) is 12.8 Å². The second kappa shape index (κ2) is 7.23. The predicted molar refractivity (Wildman–Crippen MR) is 92.5 cm³/mol. The average molecular weight is 334 g/mol. The molecule has 24 heavy (non-hydrogen) atoms. The fourth-order valence-electron chi connectivity index (χ4n) is 4.17. The molecule has 2 aliphatic heterocycles. The van der Waals surface area contributed by atoms with Gasteiger partial charge in [0.1, 0.15) is 0 Å². The molecule has 134 valence electrons. The van der Waals surface area contributed by atoms with Crippen molar-refractivity contribution in [2.45, 2.75) is 52.1 Å². The van der Waals surface area contributed by atoms with Gasteiger partial charge in [-0.15, -0.1) is 0 Å². The van der Waals surface area contributed by atoms with Crippen LogP contribution in [0.15, 0.2) is 10.6 Å². The monoisotopic (exact) mass is 334 g/mol. The summed E-state index contributed by atoms with van der Waals surface area (Å²) in [6, 6.07) is 1.87. The second-order valence-electron chi connectivity index (χ2n) is 7.65. The highest BCUT2D eigenvalue weighted by atomic mass is 16.5. The summed E-state index contributed by atoms with van der Waals surface area (Å²) in [5.41, 5.74) is 1.17. The highest BCUT2D eigenvalue weighted by molar-refractivity contribution is 5.82. The lowest BCUT2D eigenvalue weighted by atomic mass is 9.76. The summed E-state index contributed by atoms with van der Waals surface area (Å²) >= 11 is 0. The molecule has 2 saturated heterocycles. The molecule has 6 nitrogen and oxygen atoms in total. The van der Waals surface area contributed by atoms with Crippen LogP contribution in [0.5, 0.6) is 0 Å². The van der Waals surface area contributed by atoms with Gasteiger partial charge in [0.2, 0.25) is 5.91 Å². The number of hydrogen-bond donors (Lipinski definition) is 1. The molecule has 3 rings (SSSR count). The molecular weight excluding hydrogens is 304 g/mol. The number of amides is 1. The standard InChI is InChI=1S/C18H30N4O2/c1-4-7-22-13-18(5-8-21(3)9-6-18)11-16(22)17(23)19-12-15-10-14(2)20-24-15/h10,16H,4-9,11-13H2,1-3H3,(H,19,23)/t16-/m0/s1. The van der Waals surface area contributed by atoms with Crippen molar-refractivity contribution in [1.82, 2.24) is 20.3 Å². The zero-order chi connectivity index (χ0) is 17.2. The molecular formula is C18H30N4O2. The number of nitrogens with zero attached hydrogens (tertiary/aromatic N) is 3. The molecule has 3 heterocycles. The smallest absolute Gasteiger partial charge is 0.237 e. The lowest BCUT2D eigenvalue weighted by Crippen LogP contribution is -2.43. The van der Waals surface area contributed by atoms with Crippen molar-refractivity contribution in [2.24, 2.45) is 5.41 Å². The van der Waals surface area contributed by atoms with Crippen molar-refractivity contribution in [3.63, 3.8) is 0 Å². The van der Waals surface area contributed by atoms with Crippen LogP contribution >= 0.6 is 0 Å². The topological polar surface area (TPSA) is 61.6 Å². The lowest BCUT2D eigenvalue weighted by molar-refractivity contribution is -0.125. The number of rotatable bonds is 5. The van der Waals surface area contributed by atoms with Gasteiger partial charge in [0.25, 0.3) is 0 Å². The van der Waals surface area contributed by atoms with Crippen LogP contribution in [0.25, 0.3) is 0 Å².